The Balaban J connectivity index is 4.56. The van der Waals surface area contributed by atoms with Crippen LogP contribution >= 0.6 is 0 Å². The van der Waals surface area contributed by atoms with E-state index in [2.05, 4.69) is 6.58 Å². The molecule has 0 aliphatic heterocycles. The molecule has 0 fully saturated rings. The van der Waals surface area contributed by atoms with Gasteiger partial charge in [0.15, 0.2) is 0 Å². The second-order valence-corrected chi connectivity index (χ2v) is 4.51. The fourth-order valence-corrected chi connectivity index (χ4v) is 1.33. The van der Waals surface area contributed by atoms with E-state index in [0.717, 1.165) is 0 Å². The largest absolute Gasteiger partial charge is 0.391 e. The van der Waals surface area contributed by atoms with E-state index in [4.69, 9.17) is 0 Å². The lowest BCUT2D eigenvalue weighted by atomic mass is 9.73. The zero-order chi connectivity index (χ0) is 11.6. The molecule has 0 aromatic carbocycles. The van der Waals surface area contributed by atoms with Crippen LogP contribution in [0.3, 0.4) is 0 Å². The van der Waals surface area contributed by atoms with Crippen molar-refractivity contribution >= 4 is 0 Å². The maximum atomic E-state index is 12.3. The van der Waals surface area contributed by atoms with Crippen LogP contribution in [-0.2, 0) is 0 Å². The van der Waals surface area contributed by atoms with E-state index in [0.29, 0.717) is 0 Å². The highest BCUT2D eigenvalue weighted by molar-refractivity contribution is 4.95. The van der Waals surface area contributed by atoms with E-state index < -0.39 is 17.5 Å². The molecule has 0 amide bonds. The fraction of sp³-hybridized carbons (Fsp3) is 0.818. The molecular formula is C11H19F3. The first-order valence-electron chi connectivity index (χ1n) is 4.84. The minimum atomic E-state index is -4.10. The fourth-order valence-electron chi connectivity index (χ4n) is 1.33. The first-order chi connectivity index (χ1) is 6.13. The van der Waals surface area contributed by atoms with Gasteiger partial charge in [0.05, 0.1) is 5.92 Å². The van der Waals surface area contributed by atoms with Crippen molar-refractivity contribution in [2.24, 2.45) is 17.3 Å². The second kappa shape index (κ2) is 4.37. The number of rotatable bonds is 4. The summed E-state index contributed by atoms with van der Waals surface area (Å²) in [5.41, 5.74) is -0.436. The number of halogens is 3. The molecule has 0 bridgehead atoms. The lowest BCUT2D eigenvalue weighted by molar-refractivity contribution is -0.177. The summed E-state index contributed by atoms with van der Waals surface area (Å²) >= 11 is 0. The molecule has 2 atom stereocenters. The van der Waals surface area contributed by atoms with Crippen LogP contribution in [0.15, 0.2) is 12.7 Å². The van der Waals surface area contributed by atoms with Crippen LogP contribution in [0, 0.1) is 17.3 Å². The minimum absolute atomic E-state index is 0.109. The van der Waals surface area contributed by atoms with Crippen molar-refractivity contribution in [2.45, 2.75) is 40.3 Å². The summed E-state index contributed by atoms with van der Waals surface area (Å²) in [6.45, 7) is 10.5. The lowest BCUT2D eigenvalue weighted by Crippen LogP contribution is -2.30. The summed E-state index contributed by atoms with van der Waals surface area (Å²) in [7, 11) is 0. The molecular weight excluding hydrogens is 189 g/mol. The molecule has 0 radical (unpaired) electrons. The molecule has 3 heteroatoms. The highest BCUT2D eigenvalue weighted by Gasteiger charge is 2.40. The molecule has 2 unspecified atom stereocenters. The van der Waals surface area contributed by atoms with Crippen LogP contribution in [-0.4, -0.2) is 6.18 Å². The molecule has 0 nitrogen and oxygen atoms in total. The summed E-state index contributed by atoms with van der Waals surface area (Å²) in [5, 5.41) is 0. The molecule has 14 heavy (non-hydrogen) atoms. The van der Waals surface area contributed by atoms with Gasteiger partial charge < -0.3 is 0 Å². The van der Waals surface area contributed by atoms with Crippen LogP contribution in [0.2, 0.25) is 0 Å². The Hall–Kier alpha value is -0.470. The van der Waals surface area contributed by atoms with Crippen LogP contribution in [0.25, 0.3) is 0 Å². The highest BCUT2D eigenvalue weighted by atomic mass is 19.4. The molecule has 0 aliphatic rings. The predicted octanol–water partition coefficient (Wildman–Crippen LogP) is 4.42. The Bertz CT molecular complexity index is 193. The van der Waals surface area contributed by atoms with Gasteiger partial charge >= 0.3 is 6.18 Å². The molecule has 0 aromatic heterocycles. The standard InChI is InChI=1S/C11H19F3/c1-6-10(5,8(2)3)7-9(4)11(12,13)14/h6,8-9H,1,7H2,2-5H3. The molecule has 0 saturated carbocycles. The maximum absolute atomic E-state index is 12.3. The van der Waals surface area contributed by atoms with E-state index >= 15 is 0 Å². The minimum Gasteiger partial charge on any atom is -0.171 e. The average molecular weight is 208 g/mol. The van der Waals surface area contributed by atoms with E-state index in [9.17, 15) is 13.2 Å². The van der Waals surface area contributed by atoms with Gasteiger partial charge in [0.1, 0.15) is 0 Å². The molecule has 84 valence electrons. The Labute approximate surface area is 84.2 Å². The van der Waals surface area contributed by atoms with Crippen LogP contribution in [0.4, 0.5) is 13.2 Å². The quantitative estimate of drug-likeness (QED) is 0.600. The monoisotopic (exact) mass is 208 g/mol. The molecule has 0 aliphatic carbocycles. The SMILES string of the molecule is C=CC(C)(CC(C)C(F)(F)F)C(C)C. The van der Waals surface area contributed by atoms with Gasteiger partial charge in [0, 0.05) is 0 Å². The molecule has 0 saturated heterocycles. The second-order valence-electron chi connectivity index (χ2n) is 4.51. The molecule has 0 N–H and O–H groups in total. The van der Waals surface area contributed by atoms with E-state index in [1.807, 2.05) is 20.8 Å². The van der Waals surface area contributed by atoms with Crippen molar-refractivity contribution in [3.63, 3.8) is 0 Å². The van der Waals surface area contributed by atoms with Gasteiger partial charge in [0.25, 0.3) is 0 Å². The van der Waals surface area contributed by atoms with Crippen molar-refractivity contribution in [1.82, 2.24) is 0 Å². The van der Waals surface area contributed by atoms with Gasteiger partial charge in [-0.1, -0.05) is 33.8 Å². The summed E-state index contributed by atoms with van der Waals surface area (Å²) in [6.07, 6.45) is -2.35. The van der Waals surface area contributed by atoms with Gasteiger partial charge in [-0.15, -0.1) is 6.58 Å². The third-order valence-electron chi connectivity index (χ3n) is 3.09. The summed E-state index contributed by atoms with van der Waals surface area (Å²) in [4.78, 5) is 0. The lowest BCUT2D eigenvalue weighted by Gasteiger charge is -2.33. The summed E-state index contributed by atoms with van der Waals surface area (Å²) < 4.78 is 37.0. The molecule has 0 heterocycles. The topological polar surface area (TPSA) is 0 Å². The Morgan fingerprint density at radius 1 is 1.21 bits per heavy atom. The zero-order valence-electron chi connectivity index (χ0n) is 9.28. The van der Waals surface area contributed by atoms with Crippen molar-refractivity contribution in [1.29, 1.82) is 0 Å². The predicted molar refractivity (Wildman–Crippen MR) is 53.0 cm³/mol. The van der Waals surface area contributed by atoms with Gasteiger partial charge in [-0.25, -0.2) is 0 Å². The average Bonchev–Trinajstić information content (AvgIpc) is 2.02. The smallest absolute Gasteiger partial charge is 0.171 e. The number of hydrogen-bond donors (Lipinski definition) is 0. The van der Waals surface area contributed by atoms with Crippen molar-refractivity contribution in [3.05, 3.63) is 12.7 Å². The van der Waals surface area contributed by atoms with E-state index in [1.54, 1.807) is 6.08 Å². The van der Waals surface area contributed by atoms with Crippen molar-refractivity contribution < 1.29 is 13.2 Å². The van der Waals surface area contributed by atoms with Gasteiger partial charge in [-0.3, -0.25) is 0 Å². The first-order valence-corrected chi connectivity index (χ1v) is 4.84. The molecule has 0 spiro atoms. The van der Waals surface area contributed by atoms with E-state index in [1.165, 1.54) is 6.92 Å². The number of hydrogen-bond acceptors (Lipinski definition) is 0. The Kier molecular flexibility index (Phi) is 4.22. The van der Waals surface area contributed by atoms with Crippen LogP contribution < -0.4 is 0 Å². The normalized spacial score (nSPS) is 19.1. The van der Waals surface area contributed by atoms with Crippen molar-refractivity contribution in [3.8, 4) is 0 Å². The Morgan fingerprint density at radius 2 is 1.64 bits per heavy atom. The first kappa shape index (κ1) is 13.5. The number of alkyl halides is 3. The van der Waals surface area contributed by atoms with Gasteiger partial charge in [-0.05, 0) is 17.8 Å². The molecule has 0 rings (SSSR count). The van der Waals surface area contributed by atoms with Crippen molar-refractivity contribution in [2.75, 3.05) is 0 Å². The maximum Gasteiger partial charge on any atom is 0.391 e. The zero-order valence-corrected chi connectivity index (χ0v) is 9.28. The van der Waals surface area contributed by atoms with Crippen LogP contribution in [0.1, 0.15) is 34.1 Å². The highest BCUT2D eigenvalue weighted by Crippen LogP contribution is 2.40. The van der Waals surface area contributed by atoms with Gasteiger partial charge in [0.2, 0.25) is 0 Å². The summed E-state index contributed by atoms with van der Waals surface area (Å²) in [5.74, 6) is -1.10. The third kappa shape index (κ3) is 3.35. The Morgan fingerprint density at radius 3 is 1.86 bits per heavy atom. The van der Waals surface area contributed by atoms with Crippen LogP contribution in [0.5, 0.6) is 0 Å². The third-order valence-corrected chi connectivity index (χ3v) is 3.09. The number of allylic oxidation sites excluding steroid dienone is 1. The van der Waals surface area contributed by atoms with E-state index in [-0.39, 0.29) is 12.3 Å². The summed E-state index contributed by atoms with van der Waals surface area (Å²) in [6, 6.07) is 0. The van der Waals surface area contributed by atoms with Gasteiger partial charge in [-0.2, -0.15) is 13.2 Å². The molecule has 0 aromatic rings.